The lowest BCUT2D eigenvalue weighted by Gasteiger charge is -2.08. The Bertz CT molecular complexity index is 493. The highest BCUT2D eigenvalue weighted by molar-refractivity contribution is 7.91. The third-order valence-electron chi connectivity index (χ3n) is 3.15. The van der Waals surface area contributed by atoms with Gasteiger partial charge in [0.05, 0.1) is 10.6 Å². The van der Waals surface area contributed by atoms with Crippen LogP contribution in [-0.2, 0) is 9.84 Å². The van der Waals surface area contributed by atoms with Crippen LogP contribution in [-0.4, -0.2) is 33.3 Å². The molecule has 0 aromatic heterocycles. The smallest absolute Gasteiger partial charge is 0.178 e. The van der Waals surface area contributed by atoms with Crippen LogP contribution < -0.4 is 10.6 Å². The van der Waals surface area contributed by atoms with Gasteiger partial charge in [0.2, 0.25) is 0 Å². The van der Waals surface area contributed by atoms with Gasteiger partial charge < -0.3 is 10.6 Å². The van der Waals surface area contributed by atoms with Gasteiger partial charge in [0.25, 0.3) is 0 Å². The lowest BCUT2D eigenvalue weighted by atomic mass is 10.3. The van der Waals surface area contributed by atoms with E-state index in [1.54, 1.807) is 12.1 Å². The first-order valence-electron chi connectivity index (χ1n) is 6.92. The molecule has 1 saturated carbocycles. The number of hydrogen-bond donors (Lipinski definition) is 2. The Hall–Kier alpha value is -1.07. The summed E-state index contributed by atoms with van der Waals surface area (Å²) in [6.45, 7) is 3.68. The summed E-state index contributed by atoms with van der Waals surface area (Å²) in [6, 6.07) is 7.76. The van der Waals surface area contributed by atoms with Crippen LogP contribution in [0, 0.1) is 0 Å². The van der Waals surface area contributed by atoms with Crippen molar-refractivity contribution in [1.82, 2.24) is 5.32 Å². The van der Waals surface area contributed by atoms with Gasteiger partial charge in [-0.1, -0.05) is 6.92 Å². The quantitative estimate of drug-likeness (QED) is 0.716. The van der Waals surface area contributed by atoms with Gasteiger partial charge in [-0.3, -0.25) is 0 Å². The molecule has 2 N–H and O–H groups in total. The summed E-state index contributed by atoms with van der Waals surface area (Å²) < 4.78 is 23.7. The van der Waals surface area contributed by atoms with Gasteiger partial charge in [-0.2, -0.15) is 0 Å². The Labute approximate surface area is 115 Å². The average molecular weight is 282 g/mol. The summed E-state index contributed by atoms with van der Waals surface area (Å²) in [7, 11) is -3.10. The van der Waals surface area contributed by atoms with Gasteiger partial charge in [0, 0.05) is 24.8 Å². The third-order valence-corrected chi connectivity index (χ3v) is 5.09. The summed E-state index contributed by atoms with van der Waals surface area (Å²) >= 11 is 0. The zero-order valence-electron chi connectivity index (χ0n) is 11.4. The summed E-state index contributed by atoms with van der Waals surface area (Å²) in [5.74, 6) is 0.213. The molecule has 0 aliphatic heterocycles. The second kappa shape index (κ2) is 6.39. The minimum atomic E-state index is -3.10. The fraction of sp³-hybridized carbons (Fsp3) is 0.571. The van der Waals surface area contributed by atoms with Crippen LogP contribution in [0.3, 0.4) is 0 Å². The normalized spacial score (nSPS) is 15.4. The molecule has 106 valence electrons. The fourth-order valence-electron chi connectivity index (χ4n) is 1.94. The molecule has 5 heteroatoms. The van der Waals surface area contributed by atoms with Crippen molar-refractivity contribution in [3.05, 3.63) is 24.3 Å². The lowest BCUT2D eigenvalue weighted by molar-refractivity contribution is 0.594. The topological polar surface area (TPSA) is 58.2 Å². The predicted octanol–water partition coefficient (Wildman–Crippen LogP) is 2.03. The van der Waals surface area contributed by atoms with Gasteiger partial charge in [-0.15, -0.1) is 0 Å². The summed E-state index contributed by atoms with van der Waals surface area (Å²) in [5, 5.41) is 6.70. The molecular formula is C14H22N2O2S. The van der Waals surface area contributed by atoms with Crippen molar-refractivity contribution in [3.8, 4) is 0 Å². The Morgan fingerprint density at radius 3 is 2.42 bits per heavy atom. The number of hydrogen-bond acceptors (Lipinski definition) is 4. The highest BCUT2D eigenvalue weighted by atomic mass is 32.2. The number of rotatable bonds is 8. The van der Waals surface area contributed by atoms with E-state index in [4.69, 9.17) is 0 Å². The van der Waals surface area contributed by atoms with E-state index < -0.39 is 9.84 Å². The lowest BCUT2D eigenvalue weighted by Crippen LogP contribution is -2.23. The highest BCUT2D eigenvalue weighted by Crippen LogP contribution is 2.18. The van der Waals surface area contributed by atoms with Crippen molar-refractivity contribution in [2.75, 3.05) is 24.2 Å². The van der Waals surface area contributed by atoms with Gasteiger partial charge in [-0.05, 0) is 43.5 Å². The molecule has 0 atom stereocenters. The van der Waals surface area contributed by atoms with Crippen molar-refractivity contribution in [2.24, 2.45) is 0 Å². The number of anilines is 1. The SMILES string of the molecule is CCCS(=O)(=O)c1ccc(NCCNC2CC2)cc1. The molecule has 0 radical (unpaired) electrons. The number of benzene rings is 1. The van der Waals surface area contributed by atoms with Crippen molar-refractivity contribution in [1.29, 1.82) is 0 Å². The van der Waals surface area contributed by atoms with Crippen LogP contribution in [0.4, 0.5) is 5.69 Å². The van der Waals surface area contributed by atoms with Crippen LogP contribution in [0.2, 0.25) is 0 Å². The van der Waals surface area contributed by atoms with Gasteiger partial charge in [-0.25, -0.2) is 8.42 Å². The second-order valence-electron chi connectivity index (χ2n) is 5.00. The molecule has 1 aromatic rings. The molecule has 0 heterocycles. The second-order valence-corrected chi connectivity index (χ2v) is 7.11. The molecule has 1 aromatic carbocycles. The molecule has 0 unspecified atom stereocenters. The molecule has 0 amide bonds. The Morgan fingerprint density at radius 1 is 1.16 bits per heavy atom. The van der Waals surface area contributed by atoms with E-state index in [1.807, 2.05) is 19.1 Å². The van der Waals surface area contributed by atoms with Crippen molar-refractivity contribution in [3.63, 3.8) is 0 Å². The Morgan fingerprint density at radius 2 is 1.84 bits per heavy atom. The van der Waals surface area contributed by atoms with Crippen LogP contribution in [0.5, 0.6) is 0 Å². The maximum atomic E-state index is 11.9. The molecule has 0 bridgehead atoms. The first-order valence-corrected chi connectivity index (χ1v) is 8.57. The maximum Gasteiger partial charge on any atom is 0.178 e. The number of nitrogens with one attached hydrogen (secondary N) is 2. The monoisotopic (exact) mass is 282 g/mol. The minimum Gasteiger partial charge on any atom is -0.384 e. The number of sulfone groups is 1. The molecule has 1 aliphatic carbocycles. The van der Waals surface area contributed by atoms with Crippen molar-refractivity contribution < 1.29 is 8.42 Å². The summed E-state index contributed by atoms with van der Waals surface area (Å²) in [6.07, 6.45) is 3.24. The fourth-order valence-corrected chi connectivity index (χ4v) is 3.26. The molecule has 0 saturated heterocycles. The van der Waals surface area contributed by atoms with E-state index in [0.29, 0.717) is 11.3 Å². The molecule has 19 heavy (non-hydrogen) atoms. The van der Waals surface area contributed by atoms with Crippen LogP contribution >= 0.6 is 0 Å². The standard InChI is InChI=1S/C14H22N2O2S/c1-2-11-19(17,18)14-7-5-13(6-8-14)16-10-9-15-12-3-4-12/h5-8,12,15-16H,2-4,9-11H2,1H3. The van der Waals surface area contributed by atoms with E-state index in [1.165, 1.54) is 12.8 Å². The van der Waals surface area contributed by atoms with E-state index in [-0.39, 0.29) is 5.75 Å². The van der Waals surface area contributed by atoms with Crippen LogP contribution in [0.25, 0.3) is 0 Å². The summed E-state index contributed by atoms with van der Waals surface area (Å²) in [5.41, 5.74) is 0.966. The zero-order valence-corrected chi connectivity index (χ0v) is 12.2. The average Bonchev–Trinajstić information content (AvgIpc) is 3.19. The molecular weight excluding hydrogens is 260 g/mol. The Balaban J connectivity index is 1.83. The summed E-state index contributed by atoms with van der Waals surface area (Å²) in [4.78, 5) is 0.413. The predicted molar refractivity (Wildman–Crippen MR) is 78.3 cm³/mol. The van der Waals surface area contributed by atoms with Crippen molar-refractivity contribution >= 4 is 15.5 Å². The van der Waals surface area contributed by atoms with Gasteiger partial charge in [0.15, 0.2) is 9.84 Å². The van der Waals surface area contributed by atoms with E-state index in [0.717, 1.165) is 24.8 Å². The molecule has 0 spiro atoms. The van der Waals surface area contributed by atoms with Crippen LogP contribution in [0.1, 0.15) is 26.2 Å². The van der Waals surface area contributed by atoms with Crippen LogP contribution in [0.15, 0.2) is 29.2 Å². The zero-order chi connectivity index (χ0) is 13.7. The first kappa shape index (κ1) is 14.3. The van der Waals surface area contributed by atoms with Gasteiger partial charge in [0.1, 0.15) is 0 Å². The largest absolute Gasteiger partial charge is 0.384 e. The first-order chi connectivity index (χ1) is 9.12. The molecule has 1 aliphatic rings. The minimum absolute atomic E-state index is 0.213. The van der Waals surface area contributed by atoms with E-state index in [9.17, 15) is 8.42 Å². The Kier molecular flexibility index (Phi) is 4.82. The van der Waals surface area contributed by atoms with Crippen molar-refractivity contribution in [2.45, 2.75) is 37.1 Å². The molecule has 2 rings (SSSR count). The maximum absolute atomic E-state index is 11.9. The molecule has 4 nitrogen and oxygen atoms in total. The van der Waals surface area contributed by atoms with Gasteiger partial charge >= 0.3 is 0 Å². The third kappa shape index (κ3) is 4.51. The highest BCUT2D eigenvalue weighted by Gasteiger charge is 2.19. The van der Waals surface area contributed by atoms with E-state index >= 15 is 0 Å². The van der Waals surface area contributed by atoms with E-state index in [2.05, 4.69) is 10.6 Å². The molecule has 1 fully saturated rings.